The zero-order valence-electron chi connectivity index (χ0n) is 13.2. The fraction of sp³-hybridized carbons (Fsp3) is 0.923. The molecule has 0 aromatic rings. The second-order valence-corrected chi connectivity index (χ2v) is 5.75. The van der Waals surface area contributed by atoms with E-state index in [0.29, 0.717) is 0 Å². The summed E-state index contributed by atoms with van der Waals surface area (Å²) in [5.74, 6) is -1.03. The van der Waals surface area contributed by atoms with Gasteiger partial charge < -0.3 is 54.7 Å². The van der Waals surface area contributed by atoms with E-state index in [1.54, 1.807) is 0 Å². The standard InChI is InChI=1S/C13H22O12/c1-22-11(20)9-6(17)7(18)10(12(21)24-9)25-13-8(19)5(16)4(15)3(2-14)23-13/h3-10,12-19,21H,2H2,1H3/t3-,4+,5+,6+,7+,8-,9+,10-,12?,13+/m1/s1. The zero-order chi connectivity index (χ0) is 18.9. The zero-order valence-corrected chi connectivity index (χ0v) is 13.2. The highest BCUT2D eigenvalue weighted by atomic mass is 16.7. The molecule has 0 saturated carbocycles. The van der Waals surface area contributed by atoms with Crippen molar-refractivity contribution < 1.29 is 59.5 Å². The topological polar surface area (TPSA) is 196 Å². The van der Waals surface area contributed by atoms with Gasteiger partial charge in [0, 0.05) is 0 Å². The summed E-state index contributed by atoms with van der Waals surface area (Å²) in [6, 6.07) is 0. The molecule has 0 radical (unpaired) electrons. The highest BCUT2D eigenvalue weighted by Gasteiger charge is 2.51. The van der Waals surface area contributed by atoms with Crippen LogP contribution in [0.2, 0.25) is 0 Å². The molecule has 2 aliphatic rings. The van der Waals surface area contributed by atoms with Crippen LogP contribution in [0.15, 0.2) is 0 Å². The number of aliphatic hydroxyl groups excluding tert-OH is 7. The lowest BCUT2D eigenvalue weighted by atomic mass is 9.97. The average molecular weight is 370 g/mol. The van der Waals surface area contributed by atoms with Gasteiger partial charge in [0.1, 0.15) is 42.7 Å². The maximum atomic E-state index is 11.5. The van der Waals surface area contributed by atoms with Crippen LogP contribution < -0.4 is 0 Å². The highest BCUT2D eigenvalue weighted by molar-refractivity contribution is 5.75. The minimum atomic E-state index is -1.91. The van der Waals surface area contributed by atoms with Crippen LogP contribution in [-0.4, -0.2) is 117 Å². The summed E-state index contributed by atoms with van der Waals surface area (Å²) in [5.41, 5.74) is 0. The van der Waals surface area contributed by atoms with Crippen LogP contribution in [0, 0.1) is 0 Å². The van der Waals surface area contributed by atoms with E-state index in [4.69, 9.17) is 19.3 Å². The summed E-state index contributed by atoms with van der Waals surface area (Å²) in [5, 5.41) is 68.3. The second kappa shape index (κ2) is 8.18. The molecular weight excluding hydrogens is 348 g/mol. The van der Waals surface area contributed by atoms with Gasteiger partial charge in [-0.05, 0) is 0 Å². The van der Waals surface area contributed by atoms with Crippen molar-refractivity contribution in [3.63, 3.8) is 0 Å². The molecule has 25 heavy (non-hydrogen) atoms. The van der Waals surface area contributed by atoms with Crippen LogP contribution in [0.1, 0.15) is 0 Å². The molecule has 0 amide bonds. The van der Waals surface area contributed by atoms with Crippen molar-refractivity contribution in [1.29, 1.82) is 0 Å². The number of esters is 1. The van der Waals surface area contributed by atoms with Crippen LogP contribution in [0.3, 0.4) is 0 Å². The third-order valence-corrected chi connectivity index (χ3v) is 4.14. The third-order valence-electron chi connectivity index (χ3n) is 4.14. The molecule has 12 heteroatoms. The smallest absolute Gasteiger partial charge is 0.337 e. The van der Waals surface area contributed by atoms with Crippen molar-refractivity contribution >= 4 is 5.97 Å². The fourth-order valence-corrected chi connectivity index (χ4v) is 2.64. The minimum Gasteiger partial charge on any atom is -0.467 e. The van der Waals surface area contributed by atoms with Gasteiger partial charge in [0.2, 0.25) is 0 Å². The second-order valence-electron chi connectivity index (χ2n) is 5.75. The predicted octanol–water partition coefficient (Wildman–Crippen LogP) is -5.22. The molecule has 0 bridgehead atoms. The van der Waals surface area contributed by atoms with E-state index >= 15 is 0 Å². The average Bonchev–Trinajstić information content (AvgIpc) is 2.60. The SMILES string of the molecule is COC(=O)[C@H]1OC(O)[C@H](O[C@@H]2O[C@H](CO)[C@H](O)[C@H](O)[C@H]2O)[C@@H](O)[C@@H]1O. The Morgan fingerprint density at radius 3 is 2.12 bits per heavy atom. The van der Waals surface area contributed by atoms with Crippen molar-refractivity contribution in [2.24, 2.45) is 0 Å². The Morgan fingerprint density at radius 2 is 1.56 bits per heavy atom. The molecule has 10 atom stereocenters. The Bertz CT molecular complexity index is 458. The molecule has 2 saturated heterocycles. The molecule has 146 valence electrons. The lowest BCUT2D eigenvalue weighted by Gasteiger charge is -2.44. The van der Waals surface area contributed by atoms with Crippen molar-refractivity contribution in [3.8, 4) is 0 Å². The molecule has 2 heterocycles. The molecule has 12 nitrogen and oxygen atoms in total. The Balaban J connectivity index is 2.10. The van der Waals surface area contributed by atoms with Crippen molar-refractivity contribution in [3.05, 3.63) is 0 Å². The number of methoxy groups -OCH3 is 1. The van der Waals surface area contributed by atoms with Crippen LogP contribution in [-0.2, 0) is 23.7 Å². The Hall–Kier alpha value is -0.930. The molecule has 0 aromatic heterocycles. The van der Waals surface area contributed by atoms with Crippen molar-refractivity contribution in [1.82, 2.24) is 0 Å². The van der Waals surface area contributed by atoms with Crippen LogP contribution in [0.4, 0.5) is 0 Å². The van der Waals surface area contributed by atoms with Gasteiger partial charge >= 0.3 is 5.97 Å². The third kappa shape index (κ3) is 3.93. The van der Waals surface area contributed by atoms with Gasteiger partial charge in [-0.2, -0.15) is 0 Å². The number of rotatable bonds is 4. The van der Waals surface area contributed by atoms with E-state index in [0.717, 1.165) is 7.11 Å². The fourth-order valence-electron chi connectivity index (χ4n) is 2.64. The lowest BCUT2D eigenvalue weighted by molar-refractivity contribution is -0.358. The van der Waals surface area contributed by atoms with E-state index in [2.05, 4.69) is 4.74 Å². The van der Waals surface area contributed by atoms with Gasteiger partial charge in [0.05, 0.1) is 13.7 Å². The van der Waals surface area contributed by atoms with Gasteiger partial charge in [0.25, 0.3) is 0 Å². The first kappa shape index (κ1) is 20.4. The number of aliphatic hydroxyl groups is 7. The van der Waals surface area contributed by atoms with E-state index in [1.807, 2.05) is 0 Å². The summed E-state index contributed by atoms with van der Waals surface area (Å²) in [4.78, 5) is 11.5. The highest BCUT2D eigenvalue weighted by Crippen LogP contribution is 2.28. The summed E-state index contributed by atoms with van der Waals surface area (Å²) in [7, 11) is 1.02. The molecule has 2 fully saturated rings. The maximum absolute atomic E-state index is 11.5. The minimum absolute atomic E-state index is 0.704. The molecule has 1 unspecified atom stereocenters. The van der Waals surface area contributed by atoms with Gasteiger partial charge in [-0.15, -0.1) is 0 Å². The van der Waals surface area contributed by atoms with Gasteiger partial charge in [-0.3, -0.25) is 0 Å². The molecule has 7 N–H and O–H groups in total. The number of hydrogen-bond acceptors (Lipinski definition) is 12. The number of ether oxygens (including phenoxy) is 4. The molecule has 0 spiro atoms. The van der Waals surface area contributed by atoms with Crippen LogP contribution in [0.5, 0.6) is 0 Å². The monoisotopic (exact) mass is 370 g/mol. The lowest BCUT2D eigenvalue weighted by Crippen LogP contribution is -2.64. The first-order chi connectivity index (χ1) is 11.7. The van der Waals surface area contributed by atoms with Crippen LogP contribution in [0.25, 0.3) is 0 Å². The van der Waals surface area contributed by atoms with E-state index in [9.17, 15) is 35.4 Å². The van der Waals surface area contributed by atoms with E-state index in [-0.39, 0.29) is 0 Å². The normalized spacial score (nSPS) is 48.2. The Morgan fingerprint density at radius 1 is 0.920 bits per heavy atom. The summed E-state index contributed by atoms with van der Waals surface area (Å²) in [6.07, 6.45) is -17.0. The Kier molecular flexibility index (Phi) is 6.67. The first-order valence-corrected chi connectivity index (χ1v) is 7.46. The van der Waals surface area contributed by atoms with Gasteiger partial charge in [-0.25, -0.2) is 4.79 Å². The van der Waals surface area contributed by atoms with Crippen LogP contribution >= 0.6 is 0 Å². The first-order valence-electron chi connectivity index (χ1n) is 7.46. The van der Waals surface area contributed by atoms with E-state index < -0.39 is 74.0 Å². The van der Waals surface area contributed by atoms with E-state index in [1.165, 1.54) is 0 Å². The number of carbonyl (C=O) groups is 1. The summed E-state index contributed by atoms with van der Waals surface area (Å²) < 4.78 is 19.5. The predicted molar refractivity (Wildman–Crippen MR) is 73.5 cm³/mol. The maximum Gasteiger partial charge on any atom is 0.337 e. The molecule has 0 aromatic carbocycles. The summed E-state index contributed by atoms with van der Waals surface area (Å²) >= 11 is 0. The Labute approximate surface area is 141 Å². The van der Waals surface area contributed by atoms with Crippen molar-refractivity contribution in [2.45, 2.75) is 61.4 Å². The largest absolute Gasteiger partial charge is 0.467 e. The van der Waals surface area contributed by atoms with Gasteiger partial charge in [-0.1, -0.05) is 0 Å². The number of hydrogen-bond donors (Lipinski definition) is 7. The molecular formula is C13H22O12. The number of carbonyl (C=O) groups excluding carboxylic acids is 1. The quantitative estimate of drug-likeness (QED) is 0.233. The molecule has 2 aliphatic heterocycles. The van der Waals surface area contributed by atoms with Crippen molar-refractivity contribution in [2.75, 3.05) is 13.7 Å². The van der Waals surface area contributed by atoms with Gasteiger partial charge in [0.15, 0.2) is 18.7 Å². The molecule has 0 aliphatic carbocycles. The molecule has 2 rings (SSSR count). The summed E-state index contributed by atoms with van der Waals surface area (Å²) in [6.45, 7) is -0.704.